The van der Waals surface area contributed by atoms with Crippen LogP contribution in [0.5, 0.6) is 5.75 Å². The molecule has 0 aliphatic carbocycles. The standard InChI is InChI=1S/C11H10O3/c1-13-10-5-3-2-4-9(10)11-6-8(12)7-14-11/h2-6H,7H2,1H3. The van der Waals surface area contributed by atoms with Crippen LogP contribution in [0.2, 0.25) is 0 Å². The van der Waals surface area contributed by atoms with Crippen LogP contribution in [-0.2, 0) is 9.53 Å². The van der Waals surface area contributed by atoms with Gasteiger partial charge in [-0.15, -0.1) is 0 Å². The van der Waals surface area contributed by atoms with E-state index in [-0.39, 0.29) is 12.4 Å². The van der Waals surface area contributed by atoms with Crippen LogP contribution in [-0.4, -0.2) is 19.5 Å². The van der Waals surface area contributed by atoms with E-state index in [1.807, 2.05) is 24.3 Å². The zero-order chi connectivity index (χ0) is 9.97. The Kier molecular flexibility index (Phi) is 2.23. The van der Waals surface area contributed by atoms with Gasteiger partial charge >= 0.3 is 0 Å². The van der Waals surface area contributed by atoms with Gasteiger partial charge in [-0.3, -0.25) is 4.79 Å². The Balaban J connectivity index is 2.41. The van der Waals surface area contributed by atoms with Gasteiger partial charge in [0.1, 0.15) is 11.5 Å². The molecule has 14 heavy (non-hydrogen) atoms. The van der Waals surface area contributed by atoms with E-state index in [4.69, 9.17) is 9.47 Å². The van der Waals surface area contributed by atoms with Gasteiger partial charge in [0.05, 0.1) is 12.7 Å². The lowest BCUT2D eigenvalue weighted by atomic mass is 10.1. The second kappa shape index (κ2) is 3.54. The molecule has 0 saturated heterocycles. The normalized spacial score (nSPS) is 14.9. The van der Waals surface area contributed by atoms with Crippen molar-refractivity contribution < 1.29 is 14.3 Å². The molecule has 0 radical (unpaired) electrons. The first-order chi connectivity index (χ1) is 6.81. The third-order valence-electron chi connectivity index (χ3n) is 2.03. The minimum Gasteiger partial charge on any atom is -0.496 e. The smallest absolute Gasteiger partial charge is 0.196 e. The zero-order valence-electron chi connectivity index (χ0n) is 7.82. The lowest BCUT2D eigenvalue weighted by Crippen LogP contribution is -1.94. The average molecular weight is 190 g/mol. The van der Waals surface area contributed by atoms with Gasteiger partial charge in [-0.25, -0.2) is 0 Å². The number of hydrogen-bond donors (Lipinski definition) is 0. The molecule has 0 atom stereocenters. The van der Waals surface area contributed by atoms with Crippen molar-refractivity contribution in [3.05, 3.63) is 35.9 Å². The van der Waals surface area contributed by atoms with Crippen molar-refractivity contribution in [1.29, 1.82) is 0 Å². The average Bonchev–Trinajstić information content (AvgIpc) is 2.65. The number of carbonyl (C=O) groups is 1. The molecule has 1 aromatic carbocycles. The Morgan fingerprint density at radius 2 is 2.14 bits per heavy atom. The van der Waals surface area contributed by atoms with Gasteiger partial charge < -0.3 is 9.47 Å². The first-order valence-electron chi connectivity index (χ1n) is 4.32. The van der Waals surface area contributed by atoms with Gasteiger partial charge in [-0.05, 0) is 12.1 Å². The summed E-state index contributed by atoms with van der Waals surface area (Å²) in [6.45, 7) is 0.132. The number of hydrogen-bond acceptors (Lipinski definition) is 3. The van der Waals surface area contributed by atoms with Crippen LogP contribution in [0.4, 0.5) is 0 Å². The van der Waals surface area contributed by atoms with E-state index in [2.05, 4.69) is 0 Å². The van der Waals surface area contributed by atoms with Crippen molar-refractivity contribution in [2.45, 2.75) is 0 Å². The number of para-hydroxylation sites is 1. The minimum absolute atomic E-state index is 0.00842. The van der Waals surface area contributed by atoms with Crippen molar-refractivity contribution in [1.82, 2.24) is 0 Å². The Morgan fingerprint density at radius 3 is 2.79 bits per heavy atom. The number of ketones is 1. The molecule has 0 N–H and O–H groups in total. The number of ether oxygens (including phenoxy) is 2. The molecule has 72 valence electrons. The van der Waals surface area contributed by atoms with Crippen LogP contribution in [0, 0.1) is 0 Å². The molecule has 1 aliphatic heterocycles. The van der Waals surface area contributed by atoms with Crippen molar-refractivity contribution in [3.8, 4) is 5.75 Å². The van der Waals surface area contributed by atoms with E-state index in [0.717, 1.165) is 5.56 Å². The van der Waals surface area contributed by atoms with E-state index in [9.17, 15) is 4.79 Å². The first kappa shape index (κ1) is 8.81. The molecule has 0 aromatic heterocycles. The number of rotatable bonds is 2. The van der Waals surface area contributed by atoms with Crippen molar-refractivity contribution in [2.24, 2.45) is 0 Å². The third kappa shape index (κ3) is 1.48. The molecular formula is C11H10O3. The summed E-state index contributed by atoms with van der Waals surface area (Å²) in [5, 5.41) is 0. The van der Waals surface area contributed by atoms with Gasteiger partial charge in [0.25, 0.3) is 0 Å². The molecular weight excluding hydrogens is 180 g/mol. The maximum absolute atomic E-state index is 11.0. The summed E-state index contributed by atoms with van der Waals surface area (Å²) in [6, 6.07) is 7.45. The van der Waals surface area contributed by atoms with Crippen molar-refractivity contribution in [3.63, 3.8) is 0 Å². The summed E-state index contributed by atoms with van der Waals surface area (Å²) in [6.07, 6.45) is 1.50. The third-order valence-corrected chi connectivity index (χ3v) is 2.03. The molecule has 0 saturated carbocycles. The Labute approximate surface area is 81.9 Å². The number of carbonyl (C=O) groups excluding carboxylic acids is 1. The fourth-order valence-corrected chi connectivity index (χ4v) is 1.38. The fraction of sp³-hybridized carbons (Fsp3) is 0.182. The predicted octanol–water partition coefficient (Wildman–Crippen LogP) is 1.64. The van der Waals surface area contributed by atoms with Crippen LogP contribution in [0.15, 0.2) is 30.3 Å². The quantitative estimate of drug-likeness (QED) is 0.711. The Hall–Kier alpha value is -1.77. The zero-order valence-corrected chi connectivity index (χ0v) is 7.82. The van der Waals surface area contributed by atoms with Gasteiger partial charge in [0.15, 0.2) is 12.4 Å². The lowest BCUT2D eigenvalue weighted by molar-refractivity contribution is -0.115. The van der Waals surface area contributed by atoms with Gasteiger partial charge in [0.2, 0.25) is 0 Å². The van der Waals surface area contributed by atoms with Crippen LogP contribution in [0.25, 0.3) is 5.76 Å². The maximum atomic E-state index is 11.0. The highest BCUT2D eigenvalue weighted by Gasteiger charge is 2.17. The van der Waals surface area contributed by atoms with E-state index < -0.39 is 0 Å². The first-order valence-corrected chi connectivity index (χ1v) is 4.32. The van der Waals surface area contributed by atoms with Gasteiger partial charge in [-0.1, -0.05) is 12.1 Å². The van der Waals surface area contributed by atoms with Crippen LogP contribution in [0.3, 0.4) is 0 Å². The molecule has 0 bridgehead atoms. The summed E-state index contributed by atoms with van der Waals surface area (Å²) in [5.41, 5.74) is 0.820. The largest absolute Gasteiger partial charge is 0.496 e. The minimum atomic E-state index is -0.00842. The number of benzene rings is 1. The molecule has 2 rings (SSSR count). The molecule has 0 spiro atoms. The second-order valence-corrected chi connectivity index (χ2v) is 2.96. The summed E-state index contributed by atoms with van der Waals surface area (Å²) in [4.78, 5) is 11.0. The number of methoxy groups -OCH3 is 1. The van der Waals surface area contributed by atoms with E-state index in [1.165, 1.54) is 6.08 Å². The van der Waals surface area contributed by atoms with Gasteiger partial charge in [0, 0.05) is 6.08 Å². The lowest BCUT2D eigenvalue weighted by Gasteiger charge is -2.08. The Bertz CT molecular complexity index is 393. The summed E-state index contributed by atoms with van der Waals surface area (Å²) in [7, 11) is 1.59. The summed E-state index contributed by atoms with van der Waals surface area (Å²) >= 11 is 0. The van der Waals surface area contributed by atoms with Crippen molar-refractivity contribution >= 4 is 11.5 Å². The van der Waals surface area contributed by atoms with E-state index in [0.29, 0.717) is 11.5 Å². The highest BCUT2D eigenvalue weighted by atomic mass is 16.5. The molecule has 0 fully saturated rings. The van der Waals surface area contributed by atoms with Gasteiger partial charge in [-0.2, -0.15) is 0 Å². The molecule has 3 heteroatoms. The Morgan fingerprint density at radius 1 is 1.36 bits per heavy atom. The summed E-state index contributed by atoms with van der Waals surface area (Å²) in [5.74, 6) is 1.30. The van der Waals surface area contributed by atoms with E-state index >= 15 is 0 Å². The van der Waals surface area contributed by atoms with E-state index in [1.54, 1.807) is 7.11 Å². The molecule has 1 aliphatic rings. The maximum Gasteiger partial charge on any atom is 0.196 e. The topological polar surface area (TPSA) is 35.5 Å². The molecule has 0 amide bonds. The van der Waals surface area contributed by atoms with Crippen LogP contribution in [0.1, 0.15) is 5.56 Å². The van der Waals surface area contributed by atoms with Crippen LogP contribution >= 0.6 is 0 Å². The predicted molar refractivity (Wildman–Crippen MR) is 51.9 cm³/mol. The molecule has 1 aromatic rings. The molecule has 3 nitrogen and oxygen atoms in total. The second-order valence-electron chi connectivity index (χ2n) is 2.96. The summed E-state index contributed by atoms with van der Waals surface area (Å²) < 4.78 is 10.4. The molecule has 0 unspecified atom stereocenters. The highest BCUT2D eigenvalue weighted by Crippen LogP contribution is 2.28. The SMILES string of the molecule is COc1ccccc1C1=CC(=O)CO1. The fourth-order valence-electron chi connectivity index (χ4n) is 1.38. The molecule has 1 heterocycles. The highest BCUT2D eigenvalue weighted by molar-refractivity contribution is 6.00. The van der Waals surface area contributed by atoms with Crippen molar-refractivity contribution in [2.75, 3.05) is 13.7 Å². The monoisotopic (exact) mass is 190 g/mol. The van der Waals surface area contributed by atoms with Crippen LogP contribution < -0.4 is 4.74 Å².